The quantitative estimate of drug-likeness (QED) is 0.570. The van der Waals surface area contributed by atoms with Crippen molar-refractivity contribution in [2.24, 2.45) is 0 Å². The highest BCUT2D eigenvalue weighted by Gasteiger charge is 2.35. The number of hydrogen-bond acceptors (Lipinski definition) is 6. The van der Waals surface area contributed by atoms with E-state index in [1.165, 1.54) is 24.3 Å². The Hall–Kier alpha value is -2.58. The monoisotopic (exact) mass is 358 g/mol. The first-order valence-corrected chi connectivity index (χ1v) is 6.73. The summed E-state index contributed by atoms with van der Waals surface area (Å²) in [6.45, 7) is 0. The van der Waals surface area contributed by atoms with Gasteiger partial charge in [0.25, 0.3) is 5.75 Å². The Labute approximate surface area is 139 Å². The van der Waals surface area contributed by atoms with Gasteiger partial charge >= 0.3 is 11.4 Å². The molecule has 120 valence electrons. The molecule has 0 saturated carbocycles. The molecule has 0 heterocycles. The van der Waals surface area contributed by atoms with Crippen LogP contribution in [0, 0.1) is 20.2 Å². The van der Waals surface area contributed by atoms with Crippen molar-refractivity contribution in [3.63, 3.8) is 0 Å². The number of halogens is 2. The molecule has 0 aliphatic carbocycles. The molecule has 0 aromatic heterocycles. The van der Waals surface area contributed by atoms with Crippen LogP contribution in [0.1, 0.15) is 0 Å². The Morgan fingerprint density at radius 1 is 1.00 bits per heavy atom. The average molecular weight is 359 g/mol. The second-order valence-corrected chi connectivity index (χ2v) is 5.00. The molecule has 0 aliphatic rings. The van der Waals surface area contributed by atoms with Crippen LogP contribution in [0.25, 0.3) is 0 Å². The zero-order valence-electron chi connectivity index (χ0n) is 11.5. The zero-order valence-corrected chi connectivity index (χ0v) is 13.0. The lowest BCUT2D eigenvalue weighted by molar-refractivity contribution is -0.396. The summed E-state index contributed by atoms with van der Waals surface area (Å²) in [4.78, 5) is 20.8. The van der Waals surface area contributed by atoms with Crippen molar-refractivity contribution in [1.29, 1.82) is 0 Å². The van der Waals surface area contributed by atoms with E-state index in [9.17, 15) is 20.2 Å². The molecule has 0 amide bonds. The number of nitro benzene ring substituents is 2. The van der Waals surface area contributed by atoms with Gasteiger partial charge in [-0.25, -0.2) is 0 Å². The summed E-state index contributed by atoms with van der Waals surface area (Å²) >= 11 is 11.5. The molecule has 0 atom stereocenters. The summed E-state index contributed by atoms with van der Waals surface area (Å²) in [5.41, 5.74) is -1.39. The molecule has 0 bridgehead atoms. The predicted octanol–water partition coefficient (Wildman–Crippen LogP) is 4.61. The molecule has 10 heteroatoms. The minimum atomic E-state index is -0.858. The second kappa shape index (κ2) is 6.67. The van der Waals surface area contributed by atoms with E-state index >= 15 is 0 Å². The van der Waals surface area contributed by atoms with Gasteiger partial charge in [0.2, 0.25) is 5.75 Å². The average Bonchev–Trinajstić information content (AvgIpc) is 2.49. The molecular formula is C13H8Cl2N2O6. The highest BCUT2D eigenvalue weighted by atomic mass is 35.5. The largest absolute Gasteiger partial charge is 0.489 e. The van der Waals surface area contributed by atoms with E-state index in [0.29, 0.717) is 5.02 Å². The van der Waals surface area contributed by atoms with Gasteiger partial charge < -0.3 is 9.47 Å². The van der Waals surface area contributed by atoms with Gasteiger partial charge in [0.1, 0.15) is 5.75 Å². The third-order valence-electron chi connectivity index (χ3n) is 2.76. The summed E-state index contributed by atoms with van der Waals surface area (Å²) in [5.74, 6) is -0.778. The Kier molecular flexibility index (Phi) is 4.87. The van der Waals surface area contributed by atoms with E-state index in [-0.39, 0.29) is 16.5 Å². The summed E-state index contributed by atoms with van der Waals surface area (Å²) in [6, 6.07) is 6.70. The van der Waals surface area contributed by atoms with Crippen LogP contribution in [0.2, 0.25) is 10.0 Å². The number of benzene rings is 2. The van der Waals surface area contributed by atoms with Crippen LogP contribution in [0.15, 0.2) is 30.3 Å². The molecule has 8 nitrogen and oxygen atoms in total. The van der Waals surface area contributed by atoms with Crippen LogP contribution in [-0.2, 0) is 0 Å². The summed E-state index contributed by atoms with van der Waals surface area (Å²) in [5, 5.41) is 22.6. The van der Waals surface area contributed by atoms with Gasteiger partial charge in [-0.3, -0.25) is 20.2 Å². The number of methoxy groups -OCH3 is 1. The molecule has 0 saturated heterocycles. The van der Waals surface area contributed by atoms with Gasteiger partial charge in [-0.15, -0.1) is 0 Å². The predicted molar refractivity (Wildman–Crippen MR) is 82.8 cm³/mol. The van der Waals surface area contributed by atoms with Gasteiger partial charge in [0.15, 0.2) is 0 Å². The first-order valence-electron chi connectivity index (χ1n) is 5.97. The second-order valence-electron chi connectivity index (χ2n) is 4.16. The molecular weight excluding hydrogens is 351 g/mol. The first-order chi connectivity index (χ1) is 10.8. The number of ether oxygens (including phenoxy) is 2. The summed E-state index contributed by atoms with van der Waals surface area (Å²) in [7, 11) is 1.16. The van der Waals surface area contributed by atoms with Gasteiger partial charge in [-0.1, -0.05) is 23.2 Å². The Balaban J connectivity index is 2.69. The highest BCUT2D eigenvalue weighted by Crippen LogP contribution is 2.49. The highest BCUT2D eigenvalue weighted by molar-refractivity contribution is 6.33. The lowest BCUT2D eigenvalue weighted by Gasteiger charge is -2.10. The van der Waals surface area contributed by atoms with Crippen molar-refractivity contribution in [2.45, 2.75) is 0 Å². The Morgan fingerprint density at radius 2 is 1.61 bits per heavy atom. The van der Waals surface area contributed by atoms with Gasteiger partial charge in [0, 0.05) is 11.1 Å². The third-order valence-corrected chi connectivity index (χ3v) is 3.29. The Morgan fingerprint density at radius 3 is 2.09 bits per heavy atom. The molecule has 0 fully saturated rings. The maximum absolute atomic E-state index is 11.3. The smallest absolute Gasteiger partial charge is 0.361 e. The minimum Gasteiger partial charge on any atom is -0.489 e. The van der Waals surface area contributed by atoms with Crippen LogP contribution in [0.4, 0.5) is 11.4 Å². The Bertz CT molecular complexity index is 779. The standard InChI is InChI=1S/C13H8Cl2N2O6/c1-22-12-9(15)6-10(16(18)19)13(11(12)17(20)21)23-8-4-2-7(14)3-5-8/h2-6H,1H3. The number of nitro groups is 2. The fourth-order valence-electron chi connectivity index (χ4n) is 1.81. The van der Waals surface area contributed by atoms with Crippen LogP contribution in [-0.4, -0.2) is 17.0 Å². The van der Waals surface area contributed by atoms with Crippen molar-refractivity contribution in [3.05, 3.63) is 60.6 Å². The van der Waals surface area contributed by atoms with Crippen molar-refractivity contribution in [1.82, 2.24) is 0 Å². The van der Waals surface area contributed by atoms with Crippen molar-refractivity contribution in [3.8, 4) is 17.2 Å². The minimum absolute atomic E-state index is 0.130. The summed E-state index contributed by atoms with van der Waals surface area (Å²) < 4.78 is 10.2. The molecule has 2 aromatic carbocycles. The molecule has 0 unspecified atom stereocenters. The molecule has 2 rings (SSSR count). The van der Waals surface area contributed by atoms with Crippen LogP contribution < -0.4 is 9.47 Å². The molecule has 0 radical (unpaired) electrons. The van der Waals surface area contributed by atoms with E-state index in [2.05, 4.69) is 0 Å². The number of nitrogens with zero attached hydrogens (tertiary/aromatic N) is 2. The topological polar surface area (TPSA) is 105 Å². The van der Waals surface area contributed by atoms with E-state index in [0.717, 1.165) is 13.2 Å². The molecule has 0 N–H and O–H groups in total. The van der Waals surface area contributed by atoms with Gasteiger partial charge in [-0.05, 0) is 24.3 Å². The zero-order chi connectivity index (χ0) is 17.1. The van der Waals surface area contributed by atoms with Gasteiger partial charge in [-0.2, -0.15) is 0 Å². The molecule has 0 aliphatic heterocycles. The summed E-state index contributed by atoms with van der Waals surface area (Å²) in [6.07, 6.45) is 0. The molecule has 0 spiro atoms. The van der Waals surface area contributed by atoms with Crippen molar-refractivity contribution < 1.29 is 19.3 Å². The normalized spacial score (nSPS) is 10.2. The SMILES string of the molecule is COc1c(Cl)cc([N+](=O)[O-])c(Oc2ccc(Cl)cc2)c1[N+](=O)[O-]. The van der Waals surface area contributed by atoms with E-state index in [1.54, 1.807) is 0 Å². The van der Waals surface area contributed by atoms with E-state index in [1.807, 2.05) is 0 Å². The van der Waals surface area contributed by atoms with Crippen molar-refractivity contribution in [2.75, 3.05) is 7.11 Å². The first kappa shape index (κ1) is 16.8. The molecule has 2 aromatic rings. The number of rotatable bonds is 5. The lowest BCUT2D eigenvalue weighted by Crippen LogP contribution is -2.02. The van der Waals surface area contributed by atoms with Gasteiger partial charge in [0.05, 0.1) is 22.0 Å². The fourth-order valence-corrected chi connectivity index (χ4v) is 2.20. The lowest BCUT2D eigenvalue weighted by atomic mass is 10.2. The fraction of sp³-hybridized carbons (Fsp3) is 0.0769. The van der Waals surface area contributed by atoms with Crippen LogP contribution in [0.3, 0.4) is 0 Å². The maximum atomic E-state index is 11.3. The maximum Gasteiger partial charge on any atom is 0.361 e. The van der Waals surface area contributed by atoms with Crippen molar-refractivity contribution >= 4 is 34.6 Å². The van der Waals surface area contributed by atoms with E-state index in [4.69, 9.17) is 32.7 Å². The molecule has 23 heavy (non-hydrogen) atoms. The number of hydrogen-bond donors (Lipinski definition) is 0. The van der Waals surface area contributed by atoms with Crippen LogP contribution >= 0.6 is 23.2 Å². The van der Waals surface area contributed by atoms with E-state index < -0.39 is 27.0 Å². The van der Waals surface area contributed by atoms with Crippen LogP contribution in [0.5, 0.6) is 17.2 Å². The third kappa shape index (κ3) is 3.43.